The number of fused-ring (bicyclic) bond motifs is 5. The van der Waals surface area contributed by atoms with E-state index in [2.05, 4.69) is 200 Å². The summed E-state index contributed by atoms with van der Waals surface area (Å²) in [6.07, 6.45) is 7.02. The zero-order valence-electron chi connectivity index (χ0n) is 36.9. The van der Waals surface area contributed by atoms with Crippen molar-refractivity contribution in [3.8, 4) is 78.4 Å². The average molecular weight is 845 g/mol. The third-order valence-corrected chi connectivity index (χ3v) is 16.3. The molecule has 0 saturated heterocycles. The van der Waals surface area contributed by atoms with Crippen LogP contribution in [-0.2, 0) is 5.41 Å². The fourth-order valence-corrected chi connectivity index (χ4v) is 13.8. The molecule has 1 aromatic heterocycles. The van der Waals surface area contributed by atoms with E-state index in [9.17, 15) is 0 Å². The van der Waals surface area contributed by atoms with Crippen molar-refractivity contribution in [3.05, 3.63) is 217 Å². The predicted octanol–water partition coefficient (Wildman–Crippen LogP) is 16.5. The Morgan fingerprint density at radius 1 is 0.333 bits per heavy atom. The van der Waals surface area contributed by atoms with Crippen molar-refractivity contribution in [2.24, 2.45) is 23.7 Å². The Kier molecular flexibility index (Phi) is 8.50. The van der Waals surface area contributed by atoms with Gasteiger partial charge in [0.1, 0.15) is 0 Å². The molecule has 1 spiro atoms. The van der Waals surface area contributed by atoms with Crippen molar-refractivity contribution in [1.82, 2.24) is 9.97 Å². The van der Waals surface area contributed by atoms with Gasteiger partial charge in [0.25, 0.3) is 0 Å². The summed E-state index contributed by atoms with van der Waals surface area (Å²) in [4.78, 5) is 10.5. The van der Waals surface area contributed by atoms with E-state index in [1.54, 1.807) is 11.1 Å². The van der Waals surface area contributed by atoms with Crippen LogP contribution in [0.4, 0.5) is 0 Å². The highest BCUT2D eigenvalue weighted by molar-refractivity contribution is 6.05. The lowest BCUT2D eigenvalue weighted by atomic mass is 9.43. The number of hydrogen-bond donors (Lipinski definition) is 0. The van der Waals surface area contributed by atoms with Gasteiger partial charge in [0, 0.05) is 22.1 Å². The minimum atomic E-state index is 0.121. The van der Waals surface area contributed by atoms with Crippen LogP contribution in [0.2, 0.25) is 0 Å². The highest BCUT2D eigenvalue weighted by Gasteiger charge is 2.61. The monoisotopic (exact) mass is 844 g/mol. The Labute approximate surface area is 386 Å². The first-order chi connectivity index (χ1) is 32.7. The average Bonchev–Trinajstić information content (AvgIpc) is 3.66. The first kappa shape index (κ1) is 37.9. The first-order valence-corrected chi connectivity index (χ1v) is 24.1. The maximum atomic E-state index is 5.31. The molecule has 4 bridgehead atoms. The third kappa shape index (κ3) is 5.73. The van der Waals surface area contributed by atoms with Crippen LogP contribution >= 0.6 is 0 Å². The van der Waals surface area contributed by atoms with E-state index in [0.29, 0.717) is 5.82 Å². The molecule has 5 aliphatic carbocycles. The zero-order valence-corrected chi connectivity index (χ0v) is 36.9. The van der Waals surface area contributed by atoms with Crippen molar-refractivity contribution in [1.29, 1.82) is 0 Å². The van der Waals surface area contributed by atoms with Crippen molar-refractivity contribution < 1.29 is 0 Å². The van der Waals surface area contributed by atoms with Gasteiger partial charge in [-0.2, -0.15) is 0 Å². The van der Waals surface area contributed by atoms with Crippen LogP contribution in [0.3, 0.4) is 0 Å². The van der Waals surface area contributed by atoms with Crippen LogP contribution in [0.1, 0.15) is 43.2 Å². The molecule has 4 fully saturated rings. The van der Waals surface area contributed by atoms with E-state index in [1.807, 2.05) is 6.07 Å². The van der Waals surface area contributed by atoms with E-state index < -0.39 is 0 Å². The summed E-state index contributed by atoms with van der Waals surface area (Å²) in [5.41, 5.74) is 18.7. The Bertz CT molecular complexity index is 3500. The quantitative estimate of drug-likeness (QED) is 0.167. The third-order valence-electron chi connectivity index (χ3n) is 16.3. The van der Waals surface area contributed by atoms with Crippen LogP contribution in [-0.4, -0.2) is 9.97 Å². The second kappa shape index (κ2) is 14.8. The van der Waals surface area contributed by atoms with Crippen LogP contribution < -0.4 is 0 Å². The minimum absolute atomic E-state index is 0.121. The van der Waals surface area contributed by atoms with Gasteiger partial charge < -0.3 is 0 Å². The van der Waals surface area contributed by atoms with Crippen LogP contribution in [0.25, 0.3) is 100.0 Å². The summed E-state index contributed by atoms with van der Waals surface area (Å²) in [6, 6.07) is 76.1. The van der Waals surface area contributed by atoms with Crippen LogP contribution in [0.5, 0.6) is 0 Å². The topological polar surface area (TPSA) is 25.8 Å². The van der Waals surface area contributed by atoms with E-state index in [0.717, 1.165) is 62.9 Å². The van der Waals surface area contributed by atoms with E-state index in [-0.39, 0.29) is 5.41 Å². The van der Waals surface area contributed by atoms with Crippen LogP contribution in [0, 0.1) is 23.7 Å². The van der Waals surface area contributed by atoms with E-state index >= 15 is 0 Å². The summed E-state index contributed by atoms with van der Waals surface area (Å²) in [5, 5.41) is 5.10. The second-order valence-corrected chi connectivity index (χ2v) is 19.7. The Hall–Kier alpha value is -7.42. The first-order valence-electron chi connectivity index (χ1n) is 24.1. The summed E-state index contributed by atoms with van der Waals surface area (Å²) in [7, 11) is 0. The molecule has 0 atom stereocenters. The minimum Gasteiger partial charge on any atom is -0.228 e. The number of hydrogen-bond acceptors (Lipinski definition) is 2. The largest absolute Gasteiger partial charge is 0.228 e. The number of rotatable bonds is 6. The summed E-state index contributed by atoms with van der Waals surface area (Å²) in [5.74, 6) is 4.01. The molecule has 4 saturated carbocycles. The van der Waals surface area contributed by atoms with Crippen LogP contribution in [0.15, 0.2) is 206 Å². The normalized spacial score (nSPS) is 21.1. The van der Waals surface area contributed by atoms with Gasteiger partial charge in [-0.15, -0.1) is 0 Å². The van der Waals surface area contributed by atoms with Crippen molar-refractivity contribution in [2.45, 2.75) is 37.5 Å². The lowest BCUT2D eigenvalue weighted by Gasteiger charge is -2.61. The van der Waals surface area contributed by atoms with E-state index in [1.165, 1.54) is 87.0 Å². The van der Waals surface area contributed by atoms with Gasteiger partial charge in [-0.25, -0.2) is 9.97 Å². The summed E-state index contributed by atoms with van der Waals surface area (Å²) < 4.78 is 0. The molecule has 9 aromatic carbocycles. The molecule has 0 N–H and O–H groups in total. The fourth-order valence-electron chi connectivity index (χ4n) is 13.8. The molecule has 66 heavy (non-hydrogen) atoms. The molecule has 0 radical (unpaired) electrons. The molecule has 314 valence electrons. The predicted molar refractivity (Wildman–Crippen MR) is 273 cm³/mol. The SMILES string of the molecule is c1ccc(-c2nc(-c3ccccc3-c3ccccc3)cc(-c3ccc(-c4ccc(-c5cccc6c5-c5cc7ccccc7cc5C65C6CC7CC(C6)CC5C7)cc4)c4ccccc34)n2)cc1. The maximum absolute atomic E-state index is 5.31. The smallest absolute Gasteiger partial charge is 0.160 e. The van der Waals surface area contributed by atoms with Gasteiger partial charge in [-0.3, -0.25) is 0 Å². The molecule has 15 rings (SSSR count). The van der Waals surface area contributed by atoms with Gasteiger partial charge in [0.2, 0.25) is 0 Å². The van der Waals surface area contributed by atoms with Gasteiger partial charge in [-0.1, -0.05) is 188 Å². The maximum Gasteiger partial charge on any atom is 0.160 e. The molecule has 0 unspecified atom stereocenters. The molecular weight excluding hydrogens is 797 g/mol. The van der Waals surface area contributed by atoms with Crippen molar-refractivity contribution >= 4 is 21.5 Å². The summed E-state index contributed by atoms with van der Waals surface area (Å²) >= 11 is 0. The van der Waals surface area contributed by atoms with Gasteiger partial charge in [0.15, 0.2) is 5.82 Å². The molecule has 10 aromatic rings. The summed E-state index contributed by atoms with van der Waals surface area (Å²) in [6.45, 7) is 0. The van der Waals surface area contributed by atoms with Gasteiger partial charge in [0.05, 0.1) is 11.4 Å². The lowest BCUT2D eigenvalue weighted by Crippen LogP contribution is -2.55. The Balaban J connectivity index is 0.882. The molecule has 2 heteroatoms. The number of aromatic nitrogens is 2. The molecule has 2 nitrogen and oxygen atoms in total. The fraction of sp³-hybridized carbons (Fsp3) is 0.156. The standard InChI is InChI=1S/C64H48N2/c1-3-14-42(15-4-1)50-20-9-12-23-55(50)60-39-61(66-63(65-60)45-16-5-2-6-17-45)56-31-30-51(53-21-10-11-22-54(53)56)43-26-28-44(29-27-43)52-24-13-25-58-62(52)57-37-46-18-7-8-19-47(46)38-59(57)64(58)48-33-40-32-41(35-48)36-49(64)34-40/h1-31,37-41,48-49H,32-36H2. The molecule has 0 aliphatic heterocycles. The Morgan fingerprint density at radius 2 is 0.848 bits per heavy atom. The number of nitrogens with zero attached hydrogens (tertiary/aromatic N) is 2. The molecule has 5 aliphatic rings. The number of benzene rings is 9. The lowest BCUT2D eigenvalue weighted by molar-refractivity contribution is -0.0398. The second-order valence-electron chi connectivity index (χ2n) is 19.7. The van der Waals surface area contributed by atoms with Gasteiger partial charge in [-0.05, 0) is 151 Å². The van der Waals surface area contributed by atoms with Crippen molar-refractivity contribution in [3.63, 3.8) is 0 Å². The molecule has 0 amide bonds. The van der Waals surface area contributed by atoms with E-state index in [4.69, 9.17) is 9.97 Å². The van der Waals surface area contributed by atoms with Gasteiger partial charge >= 0.3 is 0 Å². The highest BCUT2D eigenvalue weighted by Crippen LogP contribution is 2.70. The van der Waals surface area contributed by atoms with Crippen molar-refractivity contribution in [2.75, 3.05) is 0 Å². The Morgan fingerprint density at radius 3 is 1.55 bits per heavy atom. The highest BCUT2D eigenvalue weighted by atomic mass is 14.9. The molecule has 1 heterocycles. The molecular formula is C64H48N2. The zero-order chi connectivity index (χ0) is 43.3.